The smallest absolute Gasteiger partial charge is 0.0616 e. The molecule has 11 rings (SSSR count). The van der Waals surface area contributed by atoms with Gasteiger partial charge in [-0.05, 0) is 127 Å². The molecule has 0 fully saturated rings. The fraction of sp³-hybridized carbons (Fsp3) is 0. The second-order valence-electron chi connectivity index (χ2n) is 13.4. The van der Waals surface area contributed by atoms with E-state index < -0.39 is 24.2 Å². The zero-order valence-corrected chi connectivity index (χ0v) is 27.9. The first-order chi connectivity index (χ1) is 29.1. The minimum atomic E-state index is -0.425. The summed E-state index contributed by atoms with van der Waals surface area (Å²) in [6, 6.07) is 45.7. The maximum atomic E-state index is 9.65. The van der Waals surface area contributed by atoms with Gasteiger partial charge in [-0.1, -0.05) is 176 Å². The number of hydrogen-bond donors (Lipinski definition) is 0. The highest BCUT2D eigenvalue weighted by atomic mass is 14.2. The minimum absolute atomic E-state index is 0.191. The third-order valence-electron chi connectivity index (χ3n) is 10.6. The van der Waals surface area contributed by atoms with Crippen LogP contribution in [-0.4, -0.2) is 0 Å². The van der Waals surface area contributed by atoms with Gasteiger partial charge in [-0.3, -0.25) is 0 Å². The van der Waals surface area contributed by atoms with Crippen LogP contribution in [0.5, 0.6) is 0 Å². The number of hydrogen-bond acceptors (Lipinski definition) is 0. The standard InChI is InChI=1S/C52H32/c1-2-15-34-30-36(29-28-33(34)14-1)35-16-13-17-37(31-35)50-44-24-9-11-26-46(44)52(47-27-12-10-25-45(47)50)49-32-48-40-20-4-3-18-38(40)39-19-5-7-22-42(39)51(48)43-23-8-6-21-41(43)49/h1-32H/i9D,10D,11D,12D,24D,25D,26D,27D. The average Bonchev–Trinajstić information content (AvgIpc) is 3.29. The Balaban J connectivity index is 1.37. The SMILES string of the molecule is [2H]c1c([2H])c([2H])c2c(-c3cc4c5ccccc5c5ccccc5c4c4ccccc34)c3c([2H])c([2H])c([2H])c([2H])c3c(-c3cccc(-c4ccc5ccccc5c4)c3)c2c1[2H]. The van der Waals surface area contributed by atoms with Crippen molar-refractivity contribution in [1.29, 1.82) is 0 Å². The van der Waals surface area contributed by atoms with Gasteiger partial charge in [0.1, 0.15) is 0 Å². The van der Waals surface area contributed by atoms with Crippen molar-refractivity contribution in [2.24, 2.45) is 0 Å². The van der Waals surface area contributed by atoms with Crippen LogP contribution >= 0.6 is 0 Å². The summed E-state index contributed by atoms with van der Waals surface area (Å²) in [5.74, 6) is 0. The number of fused-ring (bicyclic) bond motifs is 11. The van der Waals surface area contributed by atoms with E-state index in [-0.39, 0.29) is 45.7 Å². The lowest BCUT2D eigenvalue weighted by atomic mass is 9.82. The van der Waals surface area contributed by atoms with Crippen LogP contribution in [0.3, 0.4) is 0 Å². The Labute approximate surface area is 313 Å². The first kappa shape index (κ1) is 22.1. The van der Waals surface area contributed by atoms with Crippen LogP contribution in [0.25, 0.3) is 109 Å². The van der Waals surface area contributed by atoms with E-state index in [0.717, 1.165) is 65.0 Å². The van der Waals surface area contributed by atoms with E-state index in [1.54, 1.807) is 0 Å². The molecule has 0 heterocycles. The molecule has 0 N–H and O–H groups in total. The molecule has 0 saturated carbocycles. The highest BCUT2D eigenvalue weighted by molar-refractivity contribution is 6.34. The molecule has 11 aromatic carbocycles. The van der Waals surface area contributed by atoms with Gasteiger partial charge >= 0.3 is 0 Å². The van der Waals surface area contributed by atoms with E-state index in [4.69, 9.17) is 5.48 Å². The molecule has 0 heteroatoms. The maximum absolute atomic E-state index is 9.65. The molecule has 0 saturated heterocycles. The van der Waals surface area contributed by atoms with E-state index in [1.165, 1.54) is 0 Å². The molecule has 0 radical (unpaired) electrons. The molecule has 0 unspecified atom stereocenters. The summed E-state index contributed by atoms with van der Waals surface area (Å²) in [7, 11) is 0. The summed E-state index contributed by atoms with van der Waals surface area (Å²) in [6.45, 7) is 0. The Morgan fingerprint density at radius 1 is 0.288 bits per heavy atom. The second kappa shape index (κ2) is 11.4. The normalized spacial score (nSPS) is 14.0. The minimum Gasteiger partial charge on any atom is -0.0616 e. The summed E-state index contributed by atoms with van der Waals surface area (Å²) >= 11 is 0. The van der Waals surface area contributed by atoms with Crippen molar-refractivity contribution in [3.8, 4) is 33.4 Å². The first-order valence-electron chi connectivity index (χ1n) is 21.4. The molecule has 0 aliphatic rings. The van der Waals surface area contributed by atoms with E-state index in [0.29, 0.717) is 22.3 Å². The molecule has 52 heavy (non-hydrogen) atoms. The largest absolute Gasteiger partial charge is 0.0629 e. The lowest BCUT2D eigenvalue weighted by molar-refractivity contribution is 1.63. The van der Waals surface area contributed by atoms with Crippen LogP contribution in [-0.2, 0) is 0 Å². The van der Waals surface area contributed by atoms with Crippen molar-refractivity contribution >= 4 is 75.4 Å². The van der Waals surface area contributed by atoms with Gasteiger partial charge in [0, 0.05) is 0 Å². The van der Waals surface area contributed by atoms with Crippen LogP contribution in [0.15, 0.2) is 194 Å². The Hall–Kier alpha value is -6.76. The Morgan fingerprint density at radius 2 is 0.769 bits per heavy atom. The predicted molar refractivity (Wildman–Crippen MR) is 225 cm³/mol. The van der Waals surface area contributed by atoms with Gasteiger partial charge in [-0.25, -0.2) is 0 Å². The molecule has 0 amide bonds. The quantitative estimate of drug-likeness (QED) is 0.130. The highest BCUT2D eigenvalue weighted by Crippen LogP contribution is 2.48. The lowest BCUT2D eigenvalue weighted by Gasteiger charge is -2.21. The third kappa shape index (κ3) is 4.28. The summed E-state index contributed by atoms with van der Waals surface area (Å²) < 4.78 is 74.5. The molecule has 0 spiro atoms. The maximum Gasteiger partial charge on any atom is 0.0629 e. The molecule has 0 atom stereocenters. The van der Waals surface area contributed by atoms with Gasteiger partial charge < -0.3 is 0 Å². The van der Waals surface area contributed by atoms with Crippen molar-refractivity contribution in [1.82, 2.24) is 0 Å². The molecule has 0 aliphatic carbocycles. The highest BCUT2D eigenvalue weighted by Gasteiger charge is 2.21. The number of rotatable bonds is 3. The van der Waals surface area contributed by atoms with Gasteiger partial charge in [0.2, 0.25) is 0 Å². The van der Waals surface area contributed by atoms with Crippen molar-refractivity contribution in [2.75, 3.05) is 0 Å². The fourth-order valence-corrected chi connectivity index (χ4v) is 8.38. The van der Waals surface area contributed by atoms with Crippen molar-refractivity contribution in [3.63, 3.8) is 0 Å². The fourth-order valence-electron chi connectivity index (χ4n) is 8.38. The van der Waals surface area contributed by atoms with Crippen molar-refractivity contribution in [2.45, 2.75) is 0 Å². The molecular formula is C52H32. The van der Waals surface area contributed by atoms with Crippen LogP contribution in [0.1, 0.15) is 11.0 Å². The summed E-state index contributed by atoms with van der Waals surface area (Å²) in [5.41, 5.74) is 3.63. The predicted octanol–water partition coefficient (Wildman–Crippen LogP) is 14.8. The van der Waals surface area contributed by atoms with E-state index in [1.807, 2.05) is 84.9 Å². The van der Waals surface area contributed by atoms with E-state index in [9.17, 15) is 5.48 Å². The van der Waals surface area contributed by atoms with Crippen LogP contribution in [0, 0.1) is 0 Å². The van der Waals surface area contributed by atoms with Gasteiger partial charge in [0.15, 0.2) is 0 Å². The monoisotopic (exact) mass is 664 g/mol. The van der Waals surface area contributed by atoms with Gasteiger partial charge in [-0.2, -0.15) is 0 Å². The third-order valence-corrected chi connectivity index (χ3v) is 10.6. The molecule has 0 nitrogen and oxygen atoms in total. The zero-order chi connectivity index (χ0) is 41.1. The van der Waals surface area contributed by atoms with Crippen LogP contribution in [0.4, 0.5) is 0 Å². The number of benzene rings is 11. The molecule has 0 aromatic heterocycles. The van der Waals surface area contributed by atoms with E-state index >= 15 is 0 Å². The Kier molecular flexibility index (Phi) is 4.85. The topological polar surface area (TPSA) is 0 Å². The van der Waals surface area contributed by atoms with Crippen molar-refractivity contribution < 1.29 is 11.0 Å². The van der Waals surface area contributed by atoms with Crippen LogP contribution < -0.4 is 0 Å². The van der Waals surface area contributed by atoms with Crippen molar-refractivity contribution in [3.05, 3.63) is 194 Å². The summed E-state index contributed by atoms with van der Waals surface area (Å²) in [4.78, 5) is 0. The Bertz CT molecular complexity index is 3620. The summed E-state index contributed by atoms with van der Waals surface area (Å²) in [5, 5.41) is 10.8. The van der Waals surface area contributed by atoms with Gasteiger partial charge in [-0.15, -0.1) is 0 Å². The van der Waals surface area contributed by atoms with Gasteiger partial charge in [0.05, 0.1) is 11.0 Å². The molecular weight excluding hydrogens is 625 g/mol. The average molecular weight is 665 g/mol. The van der Waals surface area contributed by atoms with Gasteiger partial charge in [0.25, 0.3) is 0 Å². The molecule has 11 aromatic rings. The van der Waals surface area contributed by atoms with E-state index in [2.05, 4.69) is 60.7 Å². The van der Waals surface area contributed by atoms with Crippen LogP contribution in [0.2, 0.25) is 0 Å². The first-order valence-corrected chi connectivity index (χ1v) is 17.4. The molecule has 240 valence electrons. The molecule has 0 aliphatic heterocycles. The zero-order valence-electron chi connectivity index (χ0n) is 35.9. The second-order valence-corrected chi connectivity index (χ2v) is 13.4. The Morgan fingerprint density at radius 3 is 1.44 bits per heavy atom. The lowest BCUT2D eigenvalue weighted by Crippen LogP contribution is -1.93. The molecule has 0 bridgehead atoms. The summed E-state index contributed by atoms with van der Waals surface area (Å²) in [6.07, 6.45) is 0.